The number of piperazine rings is 1. The number of Topliss-reactive ketones (excluding diaryl/α,β-unsaturated/α-hetero) is 1. The maximum atomic E-state index is 11.8. The highest BCUT2D eigenvalue weighted by Gasteiger charge is 2.18. The molecule has 29 heavy (non-hydrogen) atoms. The Morgan fingerprint density at radius 3 is 2.48 bits per heavy atom. The Balaban J connectivity index is 1.77. The number of para-hydroxylation sites is 2. The number of aromatic carboxylic acids is 1. The lowest BCUT2D eigenvalue weighted by molar-refractivity contribution is -0.115. The first-order chi connectivity index (χ1) is 13.9. The lowest BCUT2D eigenvalue weighted by Gasteiger charge is -2.35. The molecule has 1 aliphatic rings. The van der Waals surface area contributed by atoms with Crippen molar-refractivity contribution >= 4 is 23.1 Å². The third kappa shape index (κ3) is 5.48. The summed E-state index contributed by atoms with van der Waals surface area (Å²) in [6.07, 6.45) is 0. The quantitative estimate of drug-likeness (QED) is 0.686. The van der Waals surface area contributed by atoms with Crippen LogP contribution >= 0.6 is 0 Å². The van der Waals surface area contributed by atoms with Crippen LogP contribution in [0.1, 0.15) is 17.3 Å². The predicted octanol–water partition coefficient (Wildman–Crippen LogP) is 2.57. The number of hydrogen-bond donors (Lipinski definition) is 1. The SMILES string of the molecule is CC(=O)CN(COc1ccccc1N1CCN(C)CC1)c1cccc(C(=O)O)c1. The maximum Gasteiger partial charge on any atom is 0.335 e. The summed E-state index contributed by atoms with van der Waals surface area (Å²) < 4.78 is 6.11. The van der Waals surface area contributed by atoms with Gasteiger partial charge in [-0.3, -0.25) is 4.79 Å². The number of ether oxygens (including phenoxy) is 1. The van der Waals surface area contributed by atoms with Crippen LogP contribution in [0.5, 0.6) is 5.75 Å². The van der Waals surface area contributed by atoms with Gasteiger partial charge in [0.1, 0.15) is 11.5 Å². The molecule has 7 nitrogen and oxygen atoms in total. The summed E-state index contributed by atoms with van der Waals surface area (Å²) >= 11 is 0. The number of carboxylic acids is 1. The van der Waals surface area contributed by atoms with Gasteiger partial charge in [0.25, 0.3) is 0 Å². The lowest BCUT2D eigenvalue weighted by atomic mass is 10.2. The largest absolute Gasteiger partial charge is 0.478 e. The van der Waals surface area contributed by atoms with E-state index in [0.717, 1.165) is 37.6 Å². The minimum atomic E-state index is -1.00. The Kier molecular flexibility index (Phi) is 6.72. The number of nitrogens with zero attached hydrogens (tertiary/aromatic N) is 3. The van der Waals surface area contributed by atoms with Gasteiger partial charge in [-0.15, -0.1) is 0 Å². The predicted molar refractivity (Wildman–Crippen MR) is 113 cm³/mol. The number of carbonyl (C=O) groups excluding carboxylic acids is 1. The summed E-state index contributed by atoms with van der Waals surface area (Å²) in [6.45, 7) is 5.63. The number of hydrogen-bond acceptors (Lipinski definition) is 6. The Morgan fingerprint density at radius 1 is 1.07 bits per heavy atom. The fourth-order valence-electron chi connectivity index (χ4n) is 3.35. The minimum Gasteiger partial charge on any atom is -0.478 e. The molecule has 1 heterocycles. The van der Waals surface area contributed by atoms with Crippen molar-refractivity contribution in [3.63, 3.8) is 0 Å². The molecule has 0 spiro atoms. The topological polar surface area (TPSA) is 73.3 Å². The van der Waals surface area contributed by atoms with E-state index in [4.69, 9.17) is 4.74 Å². The molecule has 0 bridgehead atoms. The van der Waals surface area contributed by atoms with Crippen LogP contribution in [0.15, 0.2) is 48.5 Å². The molecule has 0 amide bonds. The van der Waals surface area contributed by atoms with E-state index in [1.807, 2.05) is 24.3 Å². The molecule has 0 aliphatic carbocycles. The average Bonchev–Trinajstić information content (AvgIpc) is 2.72. The van der Waals surface area contributed by atoms with Gasteiger partial charge in [0.15, 0.2) is 6.73 Å². The van der Waals surface area contributed by atoms with Crippen molar-refractivity contribution in [2.24, 2.45) is 0 Å². The third-order valence-electron chi connectivity index (χ3n) is 4.96. The molecule has 2 aromatic rings. The second-order valence-electron chi connectivity index (χ2n) is 7.29. The number of ketones is 1. The first-order valence-corrected chi connectivity index (χ1v) is 9.67. The lowest BCUT2D eigenvalue weighted by Crippen LogP contribution is -2.44. The number of benzene rings is 2. The van der Waals surface area contributed by atoms with Gasteiger partial charge in [-0.1, -0.05) is 18.2 Å². The molecule has 2 aromatic carbocycles. The van der Waals surface area contributed by atoms with E-state index in [9.17, 15) is 14.7 Å². The van der Waals surface area contributed by atoms with Crippen molar-refractivity contribution in [3.05, 3.63) is 54.1 Å². The molecule has 154 valence electrons. The van der Waals surface area contributed by atoms with E-state index in [0.29, 0.717) is 5.69 Å². The minimum absolute atomic E-state index is 0.0262. The van der Waals surface area contributed by atoms with Crippen molar-refractivity contribution in [2.75, 3.05) is 56.3 Å². The molecule has 0 saturated carbocycles. The van der Waals surface area contributed by atoms with Gasteiger partial charge in [0, 0.05) is 31.9 Å². The van der Waals surface area contributed by atoms with Gasteiger partial charge in [0.2, 0.25) is 0 Å². The first kappa shape index (κ1) is 20.7. The van der Waals surface area contributed by atoms with E-state index < -0.39 is 5.97 Å². The monoisotopic (exact) mass is 397 g/mol. The summed E-state index contributed by atoms with van der Waals surface area (Å²) in [7, 11) is 2.12. The number of likely N-dealkylation sites (N-methyl/N-ethyl adjacent to an activating group) is 1. The smallest absolute Gasteiger partial charge is 0.335 e. The van der Waals surface area contributed by atoms with Gasteiger partial charge in [-0.05, 0) is 44.3 Å². The van der Waals surface area contributed by atoms with Crippen molar-refractivity contribution < 1.29 is 19.4 Å². The highest BCUT2D eigenvalue weighted by atomic mass is 16.5. The summed E-state index contributed by atoms with van der Waals surface area (Å²) in [6, 6.07) is 14.4. The molecule has 1 N–H and O–H groups in total. The second kappa shape index (κ2) is 9.43. The number of carboxylic acid groups (broad SMARTS) is 1. The van der Waals surface area contributed by atoms with Gasteiger partial charge >= 0.3 is 5.97 Å². The maximum absolute atomic E-state index is 11.8. The molecule has 7 heteroatoms. The van der Waals surface area contributed by atoms with Gasteiger partial charge in [-0.25, -0.2) is 4.79 Å². The Hall–Kier alpha value is -3.06. The summed E-state index contributed by atoms with van der Waals surface area (Å²) in [5.41, 5.74) is 1.84. The molecular weight excluding hydrogens is 370 g/mol. The Bertz CT molecular complexity index is 863. The fraction of sp³-hybridized carbons (Fsp3) is 0.364. The number of rotatable bonds is 8. The summed E-state index contributed by atoms with van der Waals surface area (Å²) in [5.74, 6) is -0.280. The van der Waals surface area contributed by atoms with Crippen LogP contribution in [0, 0.1) is 0 Å². The van der Waals surface area contributed by atoms with Crippen LogP contribution in [-0.2, 0) is 4.79 Å². The van der Waals surface area contributed by atoms with Crippen LogP contribution in [0.2, 0.25) is 0 Å². The molecule has 3 rings (SSSR count). The highest BCUT2D eigenvalue weighted by Crippen LogP contribution is 2.29. The fourth-order valence-corrected chi connectivity index (χ4v) is 3.35. The van der Waals surface area contributed by atoms with E-state index >= 15 is 0 Å². The molecule has 1 saturated heterocycles. The second-order valence-corrected chi connectivity index (χ2v) is 7.29. The molecular formula is C22H27N3O4. The van der Waals surface area contributed by atoms with Crippen LogP contribution < -0.4 is 14.5 Å². The highest BCUT2D eigenvalue weighted by molar-refractivity contribution is 5.89. The Morgan fingerprint density at radius 2 is 1.79 bits per heavy atom. The third-order valence-corrected chi connectivity index (χ3v) is 4.96. The normalized spacial score (nSPS) is 14.5. The van der Waals surface area contributed by atoms with Crippen molar-refractivity contribution in [2.45, 2.75) is 6.92 Å². The van der Waals surface area contributed by atoms with Crippen molar-refractivity contribution in [1.29, 1.82) is 0 Å². The summed E-state index contributed by atoms with van der Waals surface area (Å²) in [5, 5.41) is 9.25. The molecule has 0 aromatic heterocycles. The van der Waals surface area contributed by atoms with Crippen LogP contribution in [0.3, 0.4) is 0 Å². The van der Waals surface area contributed by atoms with Crippen molar-refractivity contribution in [3.8, 4) is 5.75 Å². The van der Waals surface area contributed by atoms with E-state index in [1.54, 1.807) is 23.1 Å². The van der Waals surface area contributed by atoms with Crippen LogP contribution in [-0.4, -0.2) is 68.3 Å². The molecule has 0 unspecified atom stereocenters. The van der Waals surface area contributed by atoms with Gasteiger partial charge in [0.05, 0.1) is 17.8 Å². The zero-order valence-corrected chi connectivity index (χ0v) is 16.9. The first-order valence-electron chi connectivity index (χ1n) is 9.67. The number of carbonyl (C=O) groups is 2. The van der Waals surface area contributed by atoms with Crippen molar-refractivity contribution in [1.82, 2.24) is 4.90 Å². The van der Waals surface area contributed by atoms with E-state index in [-0.39, 0.29) is 24.6 Å². The standard InChI is InChI=1S/C22H27N3O4/c1-17(26)15-25(19-7-5-6-18(14-19)22(27)28)16-29-21-9-4-3-8-20(21)24-12-10-23(2)11-13-24/h3-9,14H,10-13,15-16H2,1-2H3,(H,27,28). The van der Waals surface area contributed by atoms with Gasteiger partial charge in [-0.2, -0.15) is 0 Å². The van der Waals surface area contributed by atoms with E-state index in [2.05, 4.69) is 16.8 Å². The number of anilines is 2. The average molecular weight is 397 g/mol. The Labute approximate surface area is 171 Å². The molecule has 0 radical (unpaired) electrons. The van der Waals surface area contributed by atoms with Crippen LogP contribution in [0.25, 0.3) is 0 Å². The zero-order valence-electron chi connectivity index (χ0n) is 16.9. The molecule has 1 aliphatic heterocycles. The zero-order chi connectivity index (χ0) is 20.8. The molecule has 1 fully saturated rings. The van der Waals surface area contributed by atoms with E-state index in [1.165, 1.54) is 13.0 Å². The van der Waals surface area contributed by atoms with Gasteiger partial charge < -0.3 is 24.5 Å². The van der Waals surface area contributed by atoms with Crippen LogP contribution in [0.4, 0.5) is 11.4 Å². The summed E-state index contributed by atoms with van der Waals surface area (Å²) in [4.78, 5) is 29.4. The molecule has 0 atom stereocenters.